The monoisotopic (exact) mass is 366 g/mol. The van der Waals surface area contributed by atoms with E-state index in [2.05, 4.69) is 10.5 Å². The van der Waals surface area contributed by atoms with Gasteiger partial charge >= 0.3 is 0 Å². The number of aromatic nitrogens is 1. The van der Waals surface area contributed by atoms with Gasteiger partial charge in [0.2, 0.25) is 0 Å². The molecule has 0 unspecified atom stereocenters. The van der Waals surface area contributed by atoms with Crippen molar-refractivity contribution in [1.29, 1.82) is 0 Å². The van der Waals surface area contributed by atoms with E-state index < -0.39 is 0 Å². The molecule has 6 heteroatoms. The van der Waals surface area contributed by atoms with Gasteiger partial charge in [0, 0.05) is 6.54 Å². The summed E-state index contributed by atoms with van der Waals surface area (Å²) in [5.74, 6) is 1.23. The van der Waals surface area contributed by atoms with Crippen LogP contribution in [0.4, 0.5) is 0 Å². The van der Waals surface area contributed by atoms with Crippen molar-refractivity contribution < 1.29 is 19.2 Å². The van der Waals surface area contributed by atoms with E-state index in [1.807, 2.05) is 26.0 Å². The highest BCUT2D eigenvalue weighted by Crippen LogP contribution is 2.21. The van der Waals surface area contributed by atoms with Gasteiger partial charge in [-0.3, -0.25) is 4.79 Å². The lowest BCUT2D eigenvalue weighted by Crippen LogP contribution is -2.26. The lowest BCUT2D eigenvalue weighted by Gasteiger charge is -2.12. The van der Waals surface area contributed by atoms with Crippen molar-refractivity contribution in [1.82, 2.24) is 10.5 Å². The van der Waals surface area contributed by atoms with Crippen LogP contribution in [0.3, 0.4) is 0 Å². The maximum Gasteiger partial charge on any atom is 0.255 e. The molecule has 0 aliphatic carbocycles. The number of carbonyl (C=O) groups is 1. The fourth-order valence-electron chi connectivity index (χ4n) is 2.77. The van der Waals surface area contributed by atoms with Crippen molar-refractivity contribution in [3.05, 3.63) is 76.7 Å². The molecule has 0 radical (unpaired) electrons. The van der Waals surface area contributed by atoms with Crippen LogP contribution < -0.4 is 10.1 Å². The van der Waals surface area contributed by atoms with Crippen LogP contribution in [-0.4, -0.2) is 22.7 Å². The molecule has 0 spiro atoms. The van der Waals surface area contributed by atoms with E-state index >= 15 is 0 Å². The van der Waals surface area contributed by atoms with Gasteiger partial charge in [-0.1, -0.05) is 29.4 Å². The number of para-hydroxylation sites is 1. The first-order valence-corrected chi connectivity index (χ1v) is 8.74. The van der Waals surface area contributed by atoms with Crippen LogP contribution in [0.1, 0.15) is 32.9 Å². The summed E-state index contributed by atoms with van der Waals surface area (Å²) in [4.78, 5) is 12.5. The second-order valence-corrected chi connectivity index (χ2v) is 6.26. The number of aromatic hydroxyl groups is 1. The lowest BCUT2D eigenvalue weighted by molar-refractivity contribution is 0.0949. The molecule has 0 saturated carbocycles. The molecule has 1 heterocycles. The summed E-state index contributed by atoms with van der Waals surface area (Å²) in [5.41, 5.74) is 3.09. The predicted octanol–water partition coefficient (Wildman–Crippen LogP) is 3.55. The first-order chi connectivity index (χ1) is 13.0. The van der Waals surface area contributed by atoms with Gasteiger partial charge in [0.25, 0.3) is 5.91 Å². The van der Waals surface area contributed by atoms with Crippen LogP contribution in [0.2, 0.25) is 0 Å². The summed E-state index contributed by atoms with van der Waals surface area (Å²) in [6.45, 7) is 4.43. The van der Waals surface area contributed by atoms with Crippen LogP contribution >= 0.6 is 0 Å². The zero-order chi connectivity index (χ0) is 19.2. The highest BCUT2D eigenvalue weighted by atomic mass is 16.5. The number of aryl methyl sites for hydroxylation is 2. The standard InChI is InChI=1S/C21H22N2O4/c1-14-19(15(2)27-23-14)13-26-20-9-4-3-8-18(20)21(25)22-11-10-16-6-5-7-17(24)12-16/h3-9,12,24H,10-11,13H2,1-2H3,(H,22,25). The maximum absolute atomic E-state index is 12.5. The normalized spacial score (nSPS) is 10.6. The van der Waals surface area contributed by atoms with Gasteiger partial charge in [0.05, 0.1) is 16.8 Å². The summed E-state index contributed by atoms with van der Waals surface area (Å²) in [6.07, 6.45) is 0.627. The molecular formula is C21H22N2O4. The van der Waals surface area contributed by atoms with Crippen molar-refractivity contribution in [2.45, 2.75) is 26.9 Å². The van der Waals surface area contributed by atoms with E-state index in [9.17, 15) is 9.90 Å². The Hall–Kier alpha value is -3.28. The molecule has 0 saturated heterocycles. The molecule has 0 fully saturated rings. The van der Waals surface area contributed by atoms with E-state index in [0.717, 1.165) is 16.8 Å². The summed E-state index contributed by atoms with van der Waals surface area (Å²) in [5, 5.41) is 16.3. The average molecular weight is 366 g/mol. The van der Waals surface area contributed by atoms with Crippen LogP contribution in [0.25, 0.3) is 0 Å². The van der Waals surface area contributed by atoms with E-state index in [1.165, 1.54) is 0 Å². The first-order valence-electron chi connectivity index (χ1n) is 8.74. The van der Waals surface area contributed by atoms with Gasteiger partial charge in [-0.2, -0.15) is 0 Å². The third-order valence-electron chi connectivity index (χ3n) is 4.29. The number of rotatable bonds is 7. The van der Waals surface area contributed by atoms with Gasteiger partial charge in [-0.05, 0) is 50.1 Å². The van der Waals surface area contributed by atoms with E-state index in [-0.39, 0.29) is 18.3 Å². The quantitative estimate of drug-likeness (QED) is 0.668. The van der Waals surface area contributed by atoms with Crippen molar-refractivity contribution in [2.75, 3.05) is 6.54 Å². The Morgan fingerprint density at radius 1 is 1.19 bits per heavy atom. The number of benzene rings is 2. The Bertz CT molecular complexity index is 914. The van der Waals surface area contributed by atoms with Crippen LogP contribution in [0, 0.1) is 13.8 Å². The van der Waals surface area contributed by atoms with Crippen LogP contribution in [0.15, 0.2) is 53.1 Å². The number of ether oxygens (including phenoxy) is 1. The first kappa shape index (κ1) is 18.5. The smallest absolute Gasteiger partial charge is 0.255 e. The molecule has 1 amide bonds. The Kier molecular flexibility index (Phi) is 5.76. The second kappa shape index (κ2) is 8.40. The maximum atomic E-state index is 12.5. The molecule has 3 rings (SSSR count). The Morgan fingerprint density at radius 2 is 2.00 bits per heavy atom. The van der Waals surface area contributed by atoms with Crippen molar-refractivity contribution in [2.24, 2.45) is 0 Å². The molecule has 6 nitrogen and oxygen atoms in total. The minimum atomic E-state index is -0.204. The summed E-state index contributed by atoms with van der Waals surface area (Å²) in [6, 6.07) is 14.1. The number of hydrogen-bond donors (Lipinski definition) is 2. The summed E-state index contributed by atoms with van der Waals surface area (Å²) < 4.78 is 11.0. The predicted molar refractivity (Wildman–Crippen MR) is 101 cm³/mol. The molecule has 1 aromatic heterocycles. The Morgan fingerprint density at radius 3 is 2.74 bits per heavy atom. The zero-order valence-corrected chi connectivity index (χ0v) is 15.4. The van der Waals surface area contributed by atoms with E-state index in [4.69, 9.17) is 9.26 Å². The topological polar surface area (TPSA) is 84.6 Å². The zero-order valence-electron chi connectivity index (χ0n) is 15.4. The minimum absolute atomic E-state index is 0.204. The van der Waals surface area contributed by atoms with E-state index in [0.29, 0.717) is 30.0 Å². The number of hydrogen-bond acceptors (Lipinski definition) is 5. The van der Waals surface area contributed by atoms with Gasteiger partial charge < -0.3 is 19.7 Å². The Balaban J connectivity index is 1.61. The number of nitrogens with zero attached hydrogens (tertiary/aromatic N) is 1. The van der Waals surface area contributed by atoms with Crippen molar-refractivity contribution in [3.8, 4) is 11.5 Å². The molecule has 3 aromatic rings. The Labute approximate surface area is 157 Å². The van der Waals surface area contributed by atoms with Gasteiger partial charge in [-0.25, -0.2) is 0 Å². The summed E-state index contributed by atoms with van der Waals surface area (Å²) >= 11 is 0. The SMILES string of the molecule is Cc1noc(C)c1COc1ccccc1C(=O)NCCc1cccc(O)c1. The highest BCUT2D eigenvalue weighted by molar-refractivity contribution is 5.96. The summed E-state index contributed by atoms with van der Waals surface area (Å²) in [7, 11) is 0. The molecule has 2 aromatic carbocycles. The molecular weight excluding hydrogens is 344 g/mol. The third-order valence-corrected chi connectivity index (χ3v) is 4.29. The highest BCUT2D eigenvalue weighted by Gasteiger charge is 2.14. The van der Waals surface area contributed by atoms with Crippen LogP contribution in [-0.2, 0) is 13.0 Å². The third kappa shape index (κ3) is 4.67. The molecule has 0 bridgehead atoms. The molecule has 0 aliphatic heterocycles. The number of nitrogens with one attached hydrogen (secondary N) is 1. The molecule has 140 valence electrons. The fraction of sp³-hybridized carbons (Fsp3) is 0.238. The van der Waals surface area contributed by atoms with Gasteiger partial charge in [0.1, 0.15) is 23.9 Å². The van der Waals surface area contributed by atoms with E-state index in [1.54, 1.807) is 36.4 Å². The largest absolute Gasteiger partial charge is 0.508 e. The molecule has 2 N–H and O–H groups in total. The number of carbonyl (C=O) groups excluding carboxylic acids is 1. The second-order valence-electron chi connectivity index (χ2n) is 6.26. The molecule has 27 heavy (non-hydrogen) atoms. The fourth-order valence-corrected chi connectivity index (χ4v) is 2.77. The van der Waals surface area contributed by atoms with Gasteiger partial charge in [0.15, 0.2) is 0 Å². The minimum Gasteiger partial charge on any atom is -0.508 e. The number of amides is 1. The lowest BCUT2D eigenvalue weighted by atomic mass is 10.1. The van der Waals surface area contributed by atoms with Crippen LogP contribution in [0.5, 0.6) is 11.5 Å². The van der Waals surface area contributed by atoms with Gasteiger partial charge in [-0.15, -0.1) is 0 Å². The van der Waals surface area contributed by atoms with Crippen molar-refractivity contribution >= 4 is 5.91 Å². The van der Waals surface area contributed by atoms with Crippen molar-refractivity contribution in [3.63, 3.8) is 0 Å². The molecule has 0 atom stereocenters. The number of phenolic OH excluding ortho intramolecular Hbond substituents is 1. The molecule has 0 aliphatic rings. The average Bonchev–Trinajstić information content (AvgIpc) is 2.98. The number of phenols is 1.